The fourth-order valence-electron chi connectivity index (χ4n) is 2.17. The average molecular weight is 283 g/mol. The molecule has 0 spiro atoms. The predicted octanol–water partition coefficient (Wildman–Crippen LogP) is 3.27. The molecule has 0 radical (unpaired) electrons. The first kappa shape index (κ1) is 15.0. The van der Waals surface area contributed by atoms with Crippen molar-refractivity contribution in [1.29, 1.82) is 0 Å². The molecule has 0 bridgehead atoms. The van der Waals surface area contributed by atoms with Crippen molar-refractivity contribution in [1.82, 2.24) is 4.98 Å². The molecule has 0 unspecified atom stereocenters. The SMILES string of the molecule is CCc1cc(C(=O)N(C)c2cccc(C)c2)cc(NC)n1. The van der Waals surface area contributed by atoms with Crippen molar-refractivity contribution in [3.8, 4) is 0 Å². The first-order chi connectivity index (χ1) is 10.0. The lowest BCUT2D eigenvalue weighted by Gasteiger charge is -2.18. The molecule has 0 saturated heterocycles. The highest BCUT2D eigenvalue weighted by Gasteiger charge is 2.15. The van der Waals surface area contributed by atoms with Gasteiger partial charge < -0.3 is 10.2 Å². The molecule has 0 atom stereocenters. The minimum atomic E-state index is -0.0331. The van der Waals surface area contributed by atoms with Gasteiger partial charge in [-0.05, 0) is 43.2 Å². The Balaban J connectivity index is 2.35. The van der Waals surface area contributed by atoms with Crippen LogP contribution in [0.3, 0.4) is 0 Å². The third-order valence-corrected chi connectivity index (χ3v) is 3.44. The molecule has 4 heteroatoms. The van der Waals surface area contributed by atoms with Crippen molar-refractivity contribution >= 4 is 17.4 Å². The zero-order chi connectivity index (χ0) is 15.4. The maximum atomic E-state index is 12.7. The van der Waals surface area contributed by atoms with E-state index < -0.39 is 0 Å². The van der Waals surface area contributed by atoms with E-state index in [0.717, 1.165) is 29.2 Å². The van der Waals surface area contributed by atoms with Crippen LogP contribution in [0, 0.1) is 6.92 Å². The number of anilines is 2. The quantitative estimate of drug-likeness (QED) is 0.936. The average Bonchev–Trinajstić information content (AvgIpc) is 2.52. The maximum Gasteiger partial charge on any atom is 0.258 e. The molecule has 4 nitrogen and oxygen atoms in total. The van der Waals surface area contributed by atoms with Crippen molar-refractivity contribution in [2.75, 3.05) is 24.3 Å². The number of nitrogens with one attached hydrogen (secondary N) is 1. The third kappa shape index (κ3) is 3.40. The minimum Gasteiger partial charge on any atom is -0.373 e. The maximum absolute atomic E-state index is 12.7. The van der Waals surface area contributed by atoms with Gasteiger partial charge >= 0.3 is 0 Å². The highest BCUT2D eigenvalue weighted by molar-refractivity contribution is 6.06. The summed E-state index contributed by atoms with van der Waals surface area (Å²) in [6, 6.07) is 11.5. The summed E-state index contributed by atoms with van der Waals surface area (Å²) in [4.78, 5) is 18.7. The highest BCUT2D eigenvalue weighted by Crippen LogP contribution is 2.19. The van der Waals surface area contributed by atoms with Gasteiger partial charge in [-0.25, -0.2) is 4.98 Å². The molecule has 21 heavy (non-hydrogen) atoms. The zero-order valence-electron chi connectivity index (χ0n) is 13.0. The van der Waals surface area contributed by atoms with E-state index in [9.17, 15) is 4.79 Å². The molecule has 1 amide bonds. The number of aromatic nitrogens is 1. The van der Waals surface area contributed by atoms with E-state index in [4.69, 9.17) is 0 Å². The van der Waals surface area contributed by atoms with E-state index >= 15 is 0 Å². The molecule has 0 aliphatic heterocycles. The van der Waals surface area contributed by atoms with Gasteiger partial charge in [-0.2, -0.15) is 0 Å². The second-order valence-corrected chi connectivity index (χ2v) is 5.04. The molecule has 0 saturated carbocycles. The predicted molar refractivity (Wildman–Crippen MR) is 87.1 cm³/mol. The minimum absolute atomic E-state index is 0.0331. The standard InChI is InChI=1S/C17H21N3O/c1-5-14-10-13(11-16(18-3)19-14)17(21)20(4)15-8-6-7-12(2)9-15/h6-11H,5H2,1-4H3,(H,18,19). The van der Waals surface area contributed by atoms with Gasteiger partial charge in [0.25, 0.3) is 5.91 Å². The monoisotopic (exact) mass is 283 g/mol. The largest absolute Gasteiger partial charge is 0.373 e. The van der Waals surface area contributed by atoms with Gasteiger partial charge in [0.1, 0.15) is 5.82 Å². The van der Waals surface area contributed by atoms with Crippen molar-refractivity contribution in [2.24, 2.45) is 0 Å². The molecular weight excluding hydrogens is 262 g/mol. The van der Waals surface area contributed by atoms with E-state index in [1.807, 2.05) is 44.2 Å². The van der Waals surface area contributed by atoms with Gasteiger partial charge in [0, 0.05) is 31.0 Å². The van der Waals surface area contributed by atoms with Crippen LogP contribution in [-0.4, -0.2) is 25.0 Å². The fraction of sp³-hybridized carbons (Fsp3) is 0.294. The van der Waals surface area contributed by atoms with Crippen LogP contribution in [0.1, 0.15) is 28.5 Å². The van der Waals surface area contributed by atoms with Gasteiger partial charge in [-0.15, -0.1) is 0 Å². The first-order valence-corrected chi connectivity index (χ1v) is 7.08. The summed E-state index contributed by atoms with van der Waals surface area (Å²) >= 11 is 0. The summed E-state index contributed by atoms with van der Waals surface area (Å²) < 4.78 is 0. The fourth-order valence-corrected chi connectivity index (χ4v) is 2.17. The summed E-state index contributed by atoms with van der Waals surface area (Å²) in [6.07, 6.45) is 0.796. The third-order valence-electron chi connectivity index (χ3n) is 3.44. The number of carbonyl (C=O) groups excluding carboxylic acids is 1. The molecule has 0 aliphatic rings. The Morgan fingerprint density at radius 1 is 1.29 bits per heavy atom. The Labute approximate surface area is 125 Å². The Kier molecular flexibility index (Phi) is 4.58. The van der Waals surface area contributed by atoms with Gasteiger partial charge in [-0.3, -0.25) is 4.79 Å². The molecule has 0 aliphatic carbocycles. The number of carbonyl (C=O) groups is 1. The van der Waals surface area contributed by atoms with Crippen LogP contribution in [0.4, 0.5) is 11.5 Å². The summed E-state index contributed by atoms with van der Waals surface area (Å²) in [5.41, 5.74) is 3.57. The number of hydrogen-bond donors (Lipinski definition) is 1. The number of hydrogen-bond acceptors (Lipinski definition) is 3. The lowest BCUT2D eigenvalue weighted by Crippen LogP contribution is -2.26. The van der Waals surface area contributed by atoms with Crippen LogP contribution in [-0.2, 0) is 6.42 Å². The first-order valence-electron chi connectivity index (χ1n) is 7.08. The molecule has 2 aromatic rings. The molecule has 1 aromatic carbocycles. The van der Waals surface area contributed by atoms with Crippen LogP contribution >= 0.6 is 0 Å². The molecular formula is C17H21N3O. The van der Waals surface area contributed by atoms with Crippen LogP contribution in [0.25, 0.3) is 0 Å². The van der Waals surface area contributed by atoms with E-state index in [0.29, 0.717) is 5.56 Å². The summed E-state index contributed by atoms with van der Waals surface area (Å²) in [6.45, 7) is 4.04. The molecule has 0 fully saturated rings. The van der Waals surface area contributed by atoms with Crippen molar-refractivity contribution in [3.63, 3.8) is 0 Å². The number of amides is 1. The Bertz CT molecular complexity index is 630. The molecule has 2 rings (SSSR count). The second kappa shape index (κ2) is 6.39. The smallest absolute Gasteiger partial charge is 0.258 e. The van der Waals surface area contributed by atoms with Crippen molar-refractivity contribution in [3.05, 3.63) is 53.2 Å². The zero-order valence-corrected chi connectivity index (χ0v) is 13.0. The van der Waals surface area contributed by atoms with Crippen molar-refractivity contribution in [2.45, 2.75) is 20.3 Å². The Morgan fingerprint density at radius 3 is 2.67 bits per heavy atom. The number of pyridine rings is 1. The van der Waals surface area contributed by atoms with E-state index in [2.05, 4.69) is 10.3 Å². The molecule has 1 heterocycles. The molecule has 110 valence electrons. The van der Waals surface area contributed by atoms with E-state index in [1.54, 1.807) is 25.1 Å². The Hall–Kier alpha value is -2.36. The number of rotatable bonds is 4. The van der Waals surface area contributed by atoms with Gasteiger partial charge in [0.05, 0.1) is 0 Å². The van der Waals surface area contributed by atoms with Gasteiger partial charge in [0.2, 0.25) is 0 Å². The Morgan fingerprint density at radius 2 is 2.05 bits per heavy atom. The normalized spacial score (nSPS) is 10.3. The van der Waals surface area contributed by atoms with Gasteiger partial charge in [-0.1, -0.05) is 19.1 Å². The van der Waals surface area contributed by atoms with Crippen LogP contribution in [0.2, 0.25) is 0 Å². The lowest BCUT2D eigenvalue weighted by molar-refractivity contribution is 0.0993. The topological polar surface area (TPSA) is 45.2 Å². The second-order valence-electron chi connectivity index (χ2n) is 5.04. The van der Waals surface area contributed by atoms with Crippen LogP contribution < -0.4 is 10.2 Å². The number of benzene rings is 1. The highest BCUT2D eigenvalue weighted by atomic mass is 16.2. The summed E-state index contributed by atoms with van der Waals surface area (Å²) in [7, 11) is 3.60. The summed E-state index contributed by atoms with van der Waals surface area (Å²) in [5, 5.41) is 3.00. The van der Waals surface area contributed by atoms with Crippen LogP contribution in [0.15, 0.2) is 36.4 Å². The number of aryl methyl sites for hydroxylation is 2. The van der Waals surface area contributed by atoms with E-state index in [1.165, 1.54) is 0 Å². The lowest BCUT2D eigenvalue weighted by atomic mass is 10.1. The van der Waals surface area contributed by atoms with E-state index in [-0.39, 0.29) is 5.91 Å². The van der Waals surface area contributed by atoms with Crippen molar-refractivity contribution < 1.29 is 4.79 Å². The summed E-state index contributed by atoms with van der Waals surface area (Å²) in [5.74, 6) is 0.685. The molecule has 1 aromatic heterocycles. The van der Waals surface area contributed by atoms with Crippen LogP contribution in [0.5, 0.6) is 0 Å². The molecule has 1 N–H and O–H groups in total. The number of nitrogens with zero attached hydrogens (tertiary/aromatic N) is 2. The van der Waals surface area contributed by atoms with Gasteiger partial charge in [0.15, 0.2) is 0 Å².